The van der Waals surface area contributed by atoms with Crippen molar-refractivity contribution >= 4 is 17.0 Å². The highest BCUT2D eigenvalue weighted by molar-refractivity contribution is 5.79. The molecule has 8 heteroatoms. The second-order valence-corrected chi connectivity index (χ2v) is 4.59. The number of aryl methyl sites for hydroxylation is 2. The lowest BCUT2D eigenvalue weighted by atomic mass is 10.2. The molecule has 0 bridgehead atoms. The van der Waals surface area contributed by atoms with E-state index in [2.05, 4.69) is 10.1 Å². The van der Waals surface area contributed by atoms with Crippen molar-refractivity contribution in [3.8, 4) is 0 Å². The highest BCUT2D eigenvalue weighted by Crippen LogP contribution is 2.31. The maximum absolute atomic E-state index is 12.7. The summed E-state index contributed by atoms with van der Waals surface area (Å²) in [5, 5.41) is 4.07. The fraction of sp³-hybridized carbons (Fsp3) is 0.231. The van der Waals surface area contributed by atoms with Crippen molar-refractivity contribution in [2.24, 2.45) is 0 Å². The molecule has 2 heterocycles. The monoisotopic (exact) mass is 295 g/mol. The number of nitrogen functional groups attached to an aromatic ring is 1. The van der Waals surface area contributed by atoms with Crippen LogP contribution >= 0.6 is 0 Å². The molecule has 2 N–H and O–H groups in total. The van der Waals surface area contributed by atoms with Gasteiger partial charge in [-0.2, -0.15) is 18.3 Å². The van der Waals surface area contributed by atoms with Gasteiger partial charge in [-0.25, -0.2) is 4.98 Å². The third kappa shape index (κ3) is 2.56. The molecule has 1 aromatic carbocycles. The van der Waals surface area contributed by atoms with Crippen molar-refractivity contribution < 1.29 is 13.2 Å². The van der Waals surface area contributed by atoms with Crippen LogP contribution in [-0.4, -0.2) is 19.3 Å². The van der Waals surface area contributed by atoms with E-state index in [1.54, 1.807) is 27.7 Å². The van der Waals surface area contributed by atoms with Crippen LogP contribution in [-0.2, 0) is 19.3 Å². The van der Waals surface area contributed by atoms with Crippen LogP contribution in [0.5, 0.6) is 0 Å². The van der Waals surface area contributed by atoms with Gasteiger partial charge in [-0.15, -0.1) is 0 Å². The lowest BCUT2D eigenvalue weighted by Crippen LogP contribution is -2.10. The number of anilines is 1. The Hall–Kier alpha value is -2.51. The van der Waals surface area contributed by atoms with Crippen LogP contribution in [0.15, 0.2) is 36.7 Å². The number of alkyl halides is 3. The van der Waals surface area contributed by atoms with Crippen molar-refractivity contribution in [3.05, 3.63) is 42.2 Å². The normalized spacial score (nSPS) is 12.1. The van der Waals surface area contributed by atoms with Crippen LogP contribution in [0.2, 0.25) is 0 Å². The molecule has 0 atom stereocenters. The fourth-order valence-corrected chi connectivity index (χ4v) is 2.19. The van der Waals surface area contributed by atoms with E-state index in [0.717, 1.165) is 12.1 Å². The molecule has 2 aromatic heterocycles. The van der Waals surface area contributed by atoms with Crippen LogP contribution in [0.25, 0.3) is 11.0 Å². The van der Waals surface area contributed by atoms with Crippen molar-refractivity contribution in [1.29, 1.82) is 0 Å². The van der Waals surface area contributed by atoms with E-state index in [9.17, 15) is 13.2 Å². The summed E-state index contributed by atoms with van der Waals surface area (Å²) in [6.45, 7) is 1.04. The van der Waals surface area contributed by atoms with Gasteiger partial charge < -0.3 is 10.3 Å². The SMILES string of the molecule is Nc1nc2cc(C(F)(F)F)ccc2n1CCn1cccn1. The zero-order valence-electron chi connectivity index (χ0n) is 10.9. The summed E-state index contributed by atoms with van der Waals surface area (Å²) in [6, 6.07) is 5.24. The topological polar surface area (TPSA) is 61.7 Å². The lowest BCUT2D eigenvalue weighted by molar-refractivity contribution is -0.137. The number of nitrogens with zero attached hydrogens (tertiary/aromatic N) is 4. The summed E-state index contributed by atoms with van der Waals surface area (Å²) < 4.78 is 41.4. The second-order valence-electron chi connectivity index (χ2n) is 4.59. The van der Waals surface area contributed by atoms with Gasteiger partial charge in [-0.3, -0.25) is 4.68 Å². The first-order valence-corrected chi connectivity index (χ1v) is 6.25. The van der Waals surface area contributed by atoms with Gasteiger partial charge >= 0.3 is 6.18 Å². The van der Waals surface area contributed by atoms with E-state index >= 15 is 0 Å². The Morgan fingerprint density at radius 1 is 1.19 bits per heavy atom. The molecule has 0 aliphatic rings. The van der Waals surface area contributed by atoms with Gasteiger partial charge in [-0.1, -0.05) is 0 Å². The van der Waals surface area contributed by atoms with Gasteiger partial charge in [0.05, 0.1) is 23.1 Å². The summed E-state index contributed by atoms with van der Waals surface area (Å²) in [4.78, 5) is 4.00. The predicted octanol–water partition coefficient (Wildman–Crippen LogP) is 2.53. The minimum atomic E-state index is -4.39. The molecule has 110 valence electrons. The summed E-state index contributed by atoms with van der Waals surface area (Å²) >= 11 is 0. The number of halogens is 3. The van der Waals surface area contributed by atoms with Gasteiger partial charge in [0.25, 0.3) is 0 Å². The molecule has 0 fully saturated rings. The average Bonchev–Trinajstić information content (AvgIpc) is 3.01. The van der Waals surface area contributed by atoms with Crippen LogP contribution in [0.3, 0.4) is 0 Å². The maximum atomic E-state index is 12.7. The summed E-state index contributed by atoms with van der Waals surface area (Å²) in [5.74, 6) is 0.191. The maximum Gasteiger partial charge on any atom is 0.416 e. The number of imidazole rings is 1. The van der Waals surface area contributed by atoms with E-state index in [1.165, 1.54) is 6.07 Å². The largest absolute Gasteiger partial charge is 0.416 e. The Balaban J connectivity index is 1.94. The zero-order valence-corrected chi connectivity index (χ0v) is 10.9. The first-order chi connectivity index (χ1) is 9.95. The van der Waals surface area contributed by atoms with Gasteiger partial charge in [0.15, 0.2) is 0 Å². The van der Waals surface area contributed by atoms with Crippen LogP contribution in [0, 0.1) is 0 Å². The summed E-state index contributed by atoms with van der Waals surface area (Å²) in [6.07, 6.45) is -0.927. The number of hydrogen-bond acceptors (Lipinski definition) is 3. The summed E-state index contributed by atoms with van der Waals surface area (Å²) in [7, 11) is 0. The molecule has 3 aromatic rings. The Kier molecular flexibility index (Phi) is 3.08. The molecular formula is C13H12F3N5. The Labute approximate surface area is 117 Å². The molecule has 0 amide bonds. The van der Waals surface area contributed by atoms with Gasteiger partial charge in [0.1, 0.15) is 0 Å². The molecule has 0 unspecified atom stereocenters. The van der Waals surface area contributed by atoms with Crippen molar-refractivity contribution in [2.75, 3.05) is 5.73 Å². The van der Waals surface area contributed by atoms with Crippen molar-refractivity contribution in [3.63, 3.8) is 0 Å². The van der Waals surface area contributed by atoms with E-state index < -0.39 is 11.7 Å². The third-order valence-electron chi connectivity index (χ3n) is 3.22. The number of nitrogens with two attached hydrogens (primary N) is 1. The molecular weight excluding hydrogens is 283 g/mol. The van der Waals surface area contributed by atoms with Crippen LogP contribution in [0.1, 0.15) is 5.56 Å². The lowest BCUT2D eigenvalue weighted by Gasteiger charge is -2.08. The highest BCUT2D eigenvalue weighted by Gasteiger charge is 2.31. The van der Waals surface area contributed by atoms with Crippen LogP contribution in [0.4, 0.5) is 19.1 Å². The van der Waals surface area contributed by atoms with Gasteiger partial charge in [0.2, 0.25) is 5.95 Å². The number of hydrogen-bond donors (Lipinski definition) is 1. The molecule has 0 aliphatic carbocycles. The first-order valence-electron chi connectivity index (χ1n) is 6.25. The van der Waals surface area contributed by atoms with Crippen molar-refractivity contribution in [2.45, 2.75) is 19.3 Å². The first kappa shape index (κ1) is 13.5. The molecule has 21 heavy (non-hydrogen) atoms. The van der Waals surface area contributed by atoms with Crippen molar-refractivity contribution in [1.82, 2.24) is 19.3 Å². The Morgan fingerprint density at radius 2 is 2.00 bits per heavy atom. The second kappa shape index (κ2) is 4.80. The number of fused-ring (bicyclic) bond motifs is 1. The standard InChI is InChI=1S/C13H12F3N5/c14-13(15,16)9-2-3-11-10(8-9)19-12(17)21(11)7-6-20-5-1-4-18-20/h1-5,8H,6-7H2,(H2,17,19). The molecule has 3 rings (SSSR count). The average molecular weight is 295 g/mol. The number of benzene rings is 1. The van der Waals surface area contributed by atoms with Gasteiger partial charge in [-0.05, 0) is 24.3 Å². The minimum absolute atomic E-state index is 0.191. The Bertz CT molecular complexity index is 758. The van der Waals surface area contributed by atoms with E-state index in [1.807, 2.05) is 0 Å². The zero-order chi connectivity index (χ0) is 15.0. The number of aromatic nitrogens is 4. The van der Waals surface area contributed by atoms with E-state index in [4.69, 9.17) is 5.73 Å². The van der Waals surface area contributed by atoms with Gasteiger partial charge in [0, 0.05) is 18.9 Å². The molecule has 0 radical (unpaired) electrons. The molecule has 0 saturated carbocycles. The van der Waals surface area contributed by atoms with E-state index in [0.29, 0.717) is 18.6 Å². The highest BCUT2D eigenvalue weighted by atomic mass is 19.4. The van der Waals surface area contributed by atoms with E-state index in [-0.39, 0.29) is 11.5 Å². The molecule has 5 nitrogen and oxygen atoms in total. The molecule has 0 aliphatic heterocycles. The fourth-order valence-electron chi connectivity index (χ4n) is 2.19. The predicted molar refractivity (Wildman–Crippen MR) is 71.4 cm³/mol. The Morgan fingerprint density at radius 3 is 2.67 bits per heavy atom. The minimum Gasteiger partial charge on any atom is -0.369 e. The smallest absolute Gasteiger partial charge is 0.369 e. The van der Waals surface area contributed by atoms with Crippen LogP contribution < -0.4 is 5.73 Å². The quantitative estimate of drug-likeness (QED) is 0.807. The molecule has 0 spiro atoms. The third-order valence-corrected chi connectivity index (χ3v) is 3.22. The molecule has 0 saturated heterocycles. The summed E-state index contributed by atoms with van der Waals surface area (Å²) in [5.41, 5.74) is 5.88. The number of rotatable bonds is 3.